The zero-order chi connectivity index (χ0) is 16.2. The van der Waals surface area contributed by atoms with Gasteiger partial charge in [0.15, 0.2) is 0 Å². The highest BCUT2D eigenvalue weighted by atomic mass is 16.5. The maximum Gasteiger partial charge on any atom is 0.216 e. The molecule has 1 atom stereocenters. The fourth-order valence-corrected chi connectivity index (χ4v) is 3.23. The van der Waals surface area contributed by atoms with Gasteiger partial charge in [-0.2, -0.15) is 0 Å². The summed E-state index contributed by atoms with van der Waals surface area (Å²) in [5.41, 5.74) is 2.60. The second-order valence-electron chi connectivity index (χ2n) is 6.25. The Kier molecular flexibility index (Phi) is 4.98. The van der Waals surface area contributed by atoms with Gasteiger partial charge in [-0.05, 0) is 23.9 Å². The van der Waals surface area contributed by atoms with Gasteiger partial charge >= 0.3 is 0 Å². The van der Waals surface area contributed by atoms with Crippen molar-refractivity contribution in [2.45, 2.75) is 26.0 Å². The van der Waals surface area contributed by atoms with Gasteiger partial charge in [-0.3, -0.25) is 9.69 Å². The number of carbonyl (C=O) groups excluding carboxylic acids is 1. The van der Waals surface area contributed by atoms with Crippen molar-refractivity contribution in [1.29, 1.82) is 0 Å². The number of ether oxygens (including phenoxy) is 1. The molecule has 0 saturated carbocycles. The van der Waals surface area contributed by atoms with Gasteiger partial charge in [0, 0.05) is 51.4 Å². The van der Waals surface area contributed by atoms with Gasteiger partial charge in [0.2, 0.25) is 5.91 Å². The molecule has 2 aromatic rings. The van der Waals surface area contributed by atoms with E-state index in [4.69, 9.17) is 4.74 Å². The zero-order valence-electron chi connectivity index (χ0n) is 13.9. The summed E-state index contributed by atoms with van der Waals surface area (Å²) in [5, 5.41) is 4.13. The van der Waals surface area contributed by atoms with Gasteiger partial charge in [-0.1, -0.05) is 18.2 Å². The van der Waals surface area contributed by atoms with Gasteiger partial charge in [-0.15, -0.1) is 0 Å². The van der Waals surface area contributed by atoms with E-state index in [0.29, 0.717) is 6.54 Å². The average molecular weight is 315 g/mol. The van der Waals surface area contributed by atoms with E-state index in [-0.39, 0.29) is 12.0 Å². The van der Waals surface area contributed by atoms with E-state index in [9.17, 15) is 4.79 Å². The first-order valence-corrected chi connectivity index (χ1v) is 8.25. The first-order chi connectivity index (χ1) is 11.1. The molecule has 1 saturated heterocycles. The Morgan fingerprint density at radius 3 is 3.00 bits per heavy atom. The number of carbonyl (C=O) groups is 1. The second kappa shape index (κ2) is 7.15. The molecular formula is C18H25N3O2. The number of aryl methyl sites for hydroxylation is 1. The van der Waals surface area contributed by atoms with Gasteiger partial charge in [0.05, 0.1) is 12.7 Å². The third-order valence-electron chi connectivity index (χ3n) is 4.50. The molecule has 2 heterocycles. The standard InChI is InChI=1S/C18H25N3O2/c1-14(22)19-8-7-17-13-21(9-10-23-17)12-16-11-15-5-3-4-6-18(15)20(16)2/h3-6,11,17H,7-10,12-13H2,1-2H3,(H,19,22). The molecule has 1 unspecified atom stereocenters. The fraction of sp³-hybridized carbons (Fsp3) is 0.500. The number of rotatable bonds is 5. The Morgan fingerprint density at radius 1 is 1.39 bits per heavy atom. The number of benzene rings is 1. The van der Waals surface area contributed by atoms with Crippen LogP contribution in [0.1, 0.15) is 19.0 Å². The van der Waals surface area contributed by atoms with Crippen molar-refractivity contribution in [1.82, 2.24) is 14.8 Å². The highest BCUT2D eigenvalue weighted by Gasteiger charge is 2.21. The maximum absolute atomic E-state index is 10.9. The molecule has 1 aliphatic rings. The van der Waals surface area contributed by atoms with Gasteiger partial charge in [0.1, 0.15) is 0 Å². The van der Waals surface area contributed by atoms with Crippen LogP contribution < -0.4 is 5.32 Å². The average Bonchev–Trinajstić information content (AvgIpc) is 2.84. The normalized spacial score (nSPS) is 19.1. The predicted octanol–water partition coefficient (Wildman–Crippen LogP) is 1.91. The number of aromatic nitrogens is 1. The van der Waals surface area contributed by atoms with E-state index >= 15 is 0 Å². The number of amides is 1. The van der Waals surface area contributed by atoms with Crippen molar-refractivity contribution < 1.29 is 9.53 Å². The largest absolute Gasteiger partial charge is 0.375 e. The molecule has 124 valence electrons. The van der Waals surface area contributed by atoms with Gasteiger partial charge in [0.25, 0.3) is 0 Å². The lowest BCUT2D eigenvalue weighted by atomic mass is 10.2. The summed E-state index contributed by atoms with van der Waals surface area (Å²) in [7, 11) is 2.13. The molecule has 1 N–H and O–H groups in total. The van der Waals surface area contributed by atoms with Crippen LogP contribution in [-0.2, 0) is 23.1 Å². The van der Waals surface area contributed by atoms with E-state index in [1.807, 2.05) is 0 Å². The van der Waals surface area contributed by atoms with Crippen LogP contribution in [-0.4, -0.2) is 47.7 Å². The molecule has 5 nitrogen and oxygen atoms in total. The van der Waals surface area contributed by atoms with Crippen molar-refractivity contribution >= 4 is 16.8 Å². The summed E-state index contributed by atoms with van der Waals surface area (Å²) in [5.74, 6) is 0.0214. The quantitative estimate of drug-likeness (QED) is 0.917. The molecule has 1 aromatic carbocycles. The molecule has 1 amide bonds. The van der Waals surface area contributed by atoms with Crippen LogP contribution in [0.25, 0.3) is 10.9 Å². The van der Waals surface area contributed by atoms with E-state index in [2.05, 4.69) is 52.2 Å². The van der Waals surface area contributed by atoms with E-state index < -0.39 is 0 Å². The Hall–Kier alpha value is -1.85. The lowest BCUT2D eigenvalue weighted by molar-refractivity contribution is -0.119. The van der Waals surface area contributed by atoms with Crippen molar-refractivity contribution in [2.24, 2.45) is 7.05 Å². The number of hydrogen-bond donors (Lipinski definition) is 1. The lowest BCUT2D eigenvalue weighted by Gasteiger charge is -2.33. The van der Waals surface area contributed by atoms with E-state index in [1.54, 1.807) is 6.92 Å². The van der Waals surface area contributed by atoms with Gasteiger partial charge in [-0.25, -0.2) is 0 Å². The Bertz CT molecular complexity index is 680. The minimum absolute atomic E-state index is 0.0214. The molecule has 3 rings (SSSR count). The molecule has 23 heavy (non-hydrogen) atoms. The number of morpholine rings is 1. The van der Waals surface area contributed by atoms with Gasteiger partial charge < -0.3 is 14.6 Å². The monoisotopic (exact) mass is 315 g/mol. The summed E-state index contributed by atoms with van der Waals surface area (Å²) < 4.78 is 8.09. The molecule has 5 heteroatoms. The van der Waals surface area contributed by atoms with Crippen molar-refractivity contribution in [3.05, 3.63) is 36.0 Å². The SMILES string of the molecule is CC(=O)NCCC1CN(Cc2cc3ccccc3n2C)CCO1. The summed E-state index contributed by atoms with van der Waals surface area (Å²) in [6.45, 7) is 5.80. The van der Waals surface area contributed by atoms with E-state index in [1.165, 1.54) is 16.6 Å². The highest BCUT2D eigenvalue weighted by Crippen LogP contribution is 2.20. The fourth-order valence-electron chi connectivity index (χ4n) is 3.23. The minimum Gasteiger partial charge on any atom is -0.375 e. The summed E-state index contributed by atoms with van der Waals surface area (Å²) in [4.78, 5) is 13.4. The zero-order valence-corrected chi connectivity index (χ0v) is 13.9. The van der Waals surface area contributed by atoms with E-state index in [0.717, 1.165) is 32.7 Å². The number of para-hydroxylation sites is 1. The van der Waals surface area contributed by atoms with Crippen LogP contribution >= 0.6 is 0 Å². The Balaban J connectivity index is 1.60. The summed E-state index contributed by atoms with van der Waals surface area (Å²) >= 11 is 0. The molecule has 1 aliphatic heterocycles. The molecule has 0 aliphatic carbocycles. The van der Waals surface area contributed by atoms with Crippen molar-refractivity contribution in [3.63, 3.8) is 0 Å². The highest BCUT2D eigenvalue weighted by molar-refractivity contribution is 5.81. The summed E-state index contributed by atoms with van der Waals surface area (Å²) in [6.07, 6.45) is 1.07. The molecular weight excluding hydrogens is 290 g/mol. The minimum atomic E-state index is 0.0214. The number of fused-ring (bicyclic) bond motifs is 1. The molecule has 1 fully saturated rings. The predicted molar refractivity (Wildman–Crippen MR) is 91.2 cm³/mol. The number of hydrogen-bond acceptors (Lipinski definition) is 3. The third-order valence-corrected chi connectivity index (χ3v) is 4.50. The topological polar surface area (TPSA) is 46.5 Å². The Morgan fingerprint density at radius 2 is 2.22 bits per heavy atom. The molecule has 0 radical (unpaired) electrons. The van der Waals surface area contributed by atoms with Crippen LogP contribution in [0, 0.1) is 0 Å². The van der Waals surface area contributed by atoms with Crippen LogP contribution in [0.15, 0.2) is 30.3 Å². The number of nitrogens with one attached hydrogen (secondary N) is 1. The maximum atomic E-state index is 10.9. The molecule has 0 bridgehead atoms. The molecule has 1 aromatic heterocycles. The van der Waals surface area contributed by atoms with Crippen molar-refractivity contribution in [3.8, 4) is 0 Å². The van der Waals surface area contributed by atoms with Crippen molar-refractivity contribution in [2.75, 3.05) is 26.2 Å². The van der Waals surface area contributed by atoms with Crippen LogP contribution in [0.4, 0.5) is 0 Å². The smallest absolute Gasteiger partial charge is 0.216 e. The van der Waals surface area contributed by atoms with Crippen LogP contribution in [0.2, 0.25) is 0 Å². The third kappa shape index (κ3) is 3.92. The number of nitrogens with zero attached hydrogens (tertiary/aromatic N) is 2. The first kappa shape index (κ1) is 16.0. The van der Waals surface area contributed by atoms with Crippen LogP contribution in [0.3, 0.4) is 0 Å². The summed E-state index contributed by atoms with van der Waals surface area (Å²) in [6, 6.07) is 10.8. The Labute approximate surface area is 137 Å². The van der Waals surface area contributed by atoms with Crippen LogP contribution in [0.5, 0.6) is 0 Å². The molecule has 0 spiro atoms. The second-order valence-corrected chi connectivity index (χ2v) is 6.25. The lowest BCUT2D eigenvalue weighted by Crippen LogP contribution is -2.43. The first-order valence-electron chi connectivity index (χ1n) is 8.25.